The normalized spacial score (nSPS) is 10.4. The molecule has 2 N–H and O–H groups in total. The molecule has 2 aromatic rings. The molecule has 0 aliphatic carbocycles. The number of nitrogens with zero attached hydrogens (tertiary/aromatic N) is 1. The Morgan fingerprint density at radius 2 is 1.83 bits per heavy atom. The first kappa shape index (κ1) is 12.9. The molecule has 0 fully saturated rings. The molecular formula is C15H17ClN2. The van der Waals surface area contributed by atoms with Gasteiger partial charge in [-0.3, -0.25) is 0 Å². The number of halogens is 1. The first-order chi connectivity index (χ1) is 8.61. The first-order valence-corrected chi connectivity index (χ1v) is 6.28. The Bertz CT molecular complexity index is 552. The van der Waals surface area contributed by atoms with Crippen LogP contribution in [-0.2, 0) is 6.54 Å². The zero-order valence-electron chi connectivity index (χ0n) is 10.7. The highest BCUT2D eigenvalue weighted by Crippen LogP contribution is 2.28. The average molecular weight is 261 g/mol. The van der Waals surface area contributed by atoms with Gasteiger partial charge in [-0.15, -0.1) is 0 Å². The van der Waals surface area contributed by atoms with Crippen molar-refractivity contribution >= 4 is 23.0 Å². The largest absolute Gasteiger partial charge is 0.345 e. The zero-order valence-corrected chi connectivity index (χ0v) is 11.4. The Labute approximate surface area is 113 Å². The molecule has 0 saturated carbocycles. The van der Waals surface area contributed by atoms with Crippen LogP contribution < -0.4 is 10.6 Å². The molecular weight excluding hydrogens is 244 g/mol. The lowest BCUT2D eigenvalue weighted by Gasteiger charge is -2.20. The maximum Gasteiger partial charge on any atom is 0.0471 e. The summed E-state index contributed by atoms with van der Waals surface area (Å²) >= 11 is 6.19. The highest BCUT2D eigenvalue weighted by Gasteiger charge is 2.06. The maximum atomic E-state index is 6.19. The van der Waals surface area contributed by atoms with Crippen LogP contribution in [0.5, 0.6) is 0 Å². The molecule has 2 aromatic carbocycles. The van der Waals surface area contributed by atoms with E-state index in [1.54, 1.807) is 0 Å². The van der Waals surface area contributed by atoms with Gasteiger partial charge in [-0.1, -0.05) is 29.8 Å². The average Bonchev–Trinajstić information content (AvgIpc) is 2.37. The molecule has 0 aromatic heterocycles. The summed E-state index contributed by atoms with van der Waals surface area (Å²) in [7, 11) is 2.03. The van der Waals surface area contributed by atoms with Crippen molar-refractivity contribution in [2.45, 2.75) is 13.5 Å². The van der Waals surface area contributed by atoms with Crippen LogP contribution >= 0.6 is 11.6 Å². The molecule has 0 atom stereocenters. The lowest BCUT2D eigenvalue weighted by atomic mass is 10.1. The van der Waals surface area contributed by atoms with E-state index in [9.17, 15) is 0 Å². The van der Waals surface area contributed by atoms with Crippen molar-refractivity contribution in [3.63, 3.8) is 0 Å². The van der Waals surface area contributed by atoms with Crippen LogP contribution in [0.15, 0.2) is 42.5 Å². The number of nitrogens with two attached hydrogens (primary N) is 1. The van der Waals surface area contributed by atoms with E-state index >= 15 is 0 Å². The molecule has 0 spiro atoms. The summed E-state index contributed by atoms with van der Waals surface area (Å²) in [5.41, 5.74) is 10.0. The fraction of sp³-hybridized carbons (Fsp3) is 0.200. The molecule has 0 unspecified atom stereocenters. The number of aryl methyl sites for hydroxylation is 1. The summed E-state index contributed by atoms with van der Waals surface area (Å²) in [5, 5.41) is 0.717. The van der Waals surface area contributed by atoms with E-state index in [0.717, 1.165) is 22.0 Å². The van der Waals surface area contributed by atoms with Crippen molar-refractivity contribution in [2.24, 2.45) is 5.73 Å². The minimum Gasteiger partial charge on any atom is -0.345 e. The van der Waals surface area contributed by atoms with Gasteiger partial charge in [0.25, 0.3) is 0 Å². The van der Waals surface area contributed by atoms with Crippen LogP contribution in [0.2, 0.25) is 5.02 Å². The maximum absolute atomic E-state index is 6.19. The van der Waals surface area contributed by atoms with E-state index in [0.29, 0.717) is 6.54 Å². The molecule has 94 valence electrons. The molecule has 0 saturated heterocycles. The molecule has 0 bridgehead atoms. The molecule has 0 aliphatic rings. The van der Waals surface area contributed by atoms with Crippen molar-refractivity contribution < 1.29 is 0 Å². The van der Waals surface area contributed by atoms with E-state index in [1.807, 2.05) is 25.2 Å². The quantitative estimate of drug-likeness (QED) is 0.908. The van der Waals surface area contributed by atoms with Crippen LogP contribution in [0.4, 0.5) is 11.4 Å². The van der Waals surface area contributed by atoms with Crippen molar-refractivity contribution in [2.75, 3.05) is 11.9 Å². The van der Waals surface area contributed by atoms with E-state index in [1.165, 1.54) is 5.56 Å². The third-order valence-electron chi connectivity index (χ3n) is 3.03. The molecule has 0 aliphatic heterocycles. The molecule has 0 radical (unpaired) electrons. The Balaban J connectivity index is 2.34. The summed E-state index contributed by atoms with van der Waals surface area (Å²) in [6.07, 6.45) is 0. The number of anilines is 2. The van der Waals surface area contributed by atoms with Crippen LogP contribution in [0, 0.1) is 6.92 Å². The Morgan fingerprint density at radius 3 is 2.44 bits per heavy atom. The van der Waals surface area contributed by atoms with Gasteiger partial charge in [-0.05, 0) is 42.3 Å². The smallest absolute Gasteiger partial charge is 0.0471 e. The van der Waals surface area contributed by atoms with Gasteiger partial charge >= 0.3 is 0 Å². The fourth-order valence-corrected chi connectivity index (χ4v) is 2.15. The second-order valence-electron chi connectivity index (χ2n) is 4.38. The minimum atomic E-state index is 0.466. The van der Waals surface area contributed by atoms with E-state index in [2.05, 4.69) is 36.1 Å². The summed E-state index contributed by atoms with van der Waals surface area (Å²) < 4.78 is 0. The third-order valence-corrected chi connectivity index (χ3v) is 3.38. The van der Waals surface area contributed by atoms with E-state index in [4.69, 9.17) is 17.3 Å². The van der Waals surface area contributed by atoms with E-state index in [-0.39, 0.29) is 0 Å². The molecule has 2 rings (SSSR count). The van der Waals surface area contributed by atoms with Crippen LogP contribution in [-0.4, -0.2) is 7.05 Å². The second-order valence-corrected chi connectivity index (χ2v) is 4.79. The van der Waals surface area contributed by atoms with Gasteiger partial charge in [0.05, 0.1) is 0 Å². The monoisotopic (exact) mass is 260 g/mol. The van der Waals surface area contributed by atoms with Crippen molar-refractivity contribution in [3.8, 4) is 0 Å². The van der Waals surface area contributed by atoms with Gasteiger partial charge in [0.1, 0.15) is 0 Å². The highest BCUT2D eigenvalue weighted by molar-refractivity contribution is 6.31. The lowest BCUT2D eigenvalue weighted by molar-refractivity contribution is 1.07. The van der Waals surface area contributed by atoms with Gasteiger partial charge in [0.15, 0.2) is 0 Å². The third kappa shape index (κ3) is 2.66. The highest BCUT2D eigenvalue weighted by atomic mass is 35.5. The summed E-state index contributed by atoms with van der Waals surface area (Å²) in [6.45, 7) is 2.55. The Hall–Kier alpha value is -1.51. The second kappa shape index (κ2) is 5.42. The SMILES string of the molecule is Cc1cccc(N(C)c2ccc(CN)c(Cl)c2)c1. The number of hydrogen-bond donors (Lipinski definition) is 1. The van der Waals surface area contributed by atoms with Crippen LogP contribution in [0.3, 0.4) is 0 Å². The summed E-state index contributed by atoms with van der Waals surface area (Å²) in [4.78, 5) is 2.11. The minimum absolute atomic E-state index is 0.466. The van der Waals surface area contributed by atoms with Gasteiger partial charge in [-0.2, -0.15) is 0 Å². The van der Waals surface area contributed by atoms with Crippen molar-refractivity contribution in [1.82, 2.24) is 0 Å². The molecule has 2 nitrogen and oxygen atoms in total. The predicted molar refractivity (Wildman–Crippen MR) is 78.6 cm³/mol. The molecule has 0 amide bonds. The molecule has 0 heterocycles. The number of hydrogen-bond acceptors (Lipinski definition) is 2. The predicted octanol–water partition coefficient (Wildman–Crippen LogP) is 3.88. The topological polar surface area (TPSA) is 29.3 Å². The fourth-order valence-electron chi connectivity index (χ4n) is 1.90. The summed E-state index contributed by atoms with van der Waals surface area (Å²) in [6, 6.07) is 14.3. The van der Waals surface area contributed by atoms with Crippen LogP contribution in [0.1, 0.15) is 11.1 Å². The molecule has 18 heavy (non-hydrogen) atoms. The first-order valence-electron chi connectivity index (χ1n) is 5.90. The van der Waals surface area contributed by atoms with Crippen LogP contribution in [0.25, 0.3) is 0 Å². The Morgan fingerprint density at radius 1 is 1.11 bits per heavy atom. The number of benzene rings is 2. The van der Waals surface area contributed by atoms with Crippen molar-refractivity contribution in [1.29, 1.82) is 0 Å². The van der Waals surface area contributed by atoms with E-state index < -0.39 is 0 Å². The standard InChI is InChI=1S/C15H17ClN2/c1-11-4-3-5-13(8-11)18(2)14-7-6-12(10-17)15(16)9-14/h3-9H,10,17H2,1-2H3. The number of rotatable bonds is 3. The summed E-state index contributed by atoms with van der Waals surface area (Å²) in [5.74, 6) is 0. The van der Waals surface area contributed by atoms with Gasteiger partial charge in [0.2, 0.25) is 0 Å². The van der Waals surface area contributed by atoms with Crippen molar-refractivity contribution in [3.05, 3.63) is 58.6 Å². The lowest BCUT2D eigenvalue weighted by Crippen LogP contribution is -2.10. The van der Waals surface area contributed by atoms with Gasteiger partial charge in [-0.25, -0.2) is 0 Å². The molecule has 3 heteroatoms. The van der Waals surface area contributed by atoms with Gasteiger partial charge in [0, 0.05) is 30.0 Å². The zero-order chi connectivity index (χ0) is 13.1. The Kier molecular flexibility index (Phi) is 3.90. The van der Waals surface area contributed by atoms with Gasteiger partial charge < -0.3 is 10.6 Å².